The van der Waals surface area contributed by atoms with Gasteiger partial charge in [0.05, 0.1) is 11.4 Å². The molecule has 8 heteroatoms. The Morgan fingerprint density at radius 3 is 2.81 bits per heavy atom. The van der Waals surface area contributed by atoms with Gasteiger partial charge in [0.2, 0.25) is 5.91 Å². The second kappa shape index (κ2) is 10.1. The Kier molecular flexibility index (Phi) is 7.49. The Bertz CT molecular complexity index is 778. The first-order valence-corrected chi connectivity index (χ1v) is 11.1. The lowest BCUT2D eigenvalue weighted by atomic mass is 10.2. The van der Waals surface area contributed by atoms with E-state index in [0.29, 0.717) is 22.2 Å². The molecule has 1 aromatic carbocycles. The van der Waals surface area contributed by atoms with E-state index in [1.54, 1.807) is 16.7 Å². The van der Waals surface area contributed by atoms with Crippen LogP contribution in [-0.2, 0) is 9.59 Å². The fourth-order valence-corrected chi connectivity index (χ4v) is 4.77. The third kappa shape index (κ3) is 5.92. The standard InChI is InChI=1S/C19H21N3O2S3/c23-16(21-18-20-10-12-26-18)9-5-2-6-11-22-17(24)15(27-19(22)25)13-14-7-3-1-4-8-14/h1,3-4,7-8,13H,2,5-6,9-12H2,(H,20,21,23). The van der Waals surface area contributed by atoms with Crippen molar-refractivity contribution < 1.29 is 9.59 Å². The van der Waals surface area contributed by atoms with Gasteiger partial charge in [-0.25, -0.2) is 0 Å². The zero-order valence-corrected chi connectivity index (χ0v) is 17.3. The molecule has 1 N–H and O–H groups in total. The second-order valence-electron chi connectivity index (χ2n) is 6.14. The average Bonchev–Trinajstić information content (AvgIpc) is 3.25. The van der Waals surface area contributed by atoms with Crippen molar-refractivity contribution in [1.82, 2.24) is 10.2 Å². The van der Waals surface area contributed by atoms with Crippen LogP contribution in [0.5, 0.6) is 0 Å². The Morgan fingerprint density at radius 2 is 2.07 bits per heavy atom. The summed E-state index contributed by atoms with van der Waals surface area (Å²) in [6, 6.07) is 9.77. The summed E-state index contributed by atoms with van der Waals surface area (Å²) in [7, 11) is 0. The van der Waals surface area contributed by atoms with Crippen molar-refractivity contribution >= 4 is 63.1 Å². The number of amidine groups is 1. The summed E-state index contributed by atoms with van der Waals surface area (Å²) in [6.45, 7) is 1.38. The van der Waals surface area contributed by atoms with Crippen molar-refractivity contribution in [2.24, 2.45) is 4.99 Å². The molecule has 0 radical (unpaired) electrons. The third-order valence-corrected chi connectivity index (χ3v) is 6.36. The predicted molar refractivity (Wildman–Crippen MR) is 118 cm³/mol. The van der Waals surface area contributed by atoms with E-state index >= 15 is 0 Å². The van der Waals surface area contributed by atoms with Crippen molar-refractivity contribution in [2.45, 2.75) is 25.7 Å². The second-order valence-corrected chi connectivity index (χ2v) is 8.90. The van der Waals surface area contributed by atoms with Gasteiger partial charge in [-0.1, -0.05) is 72.5 Å². The number of nitrogens with zero attached hydrogens (tertiary/aromatic N) is 2. The maximum absolute atomic E-state index is 12.6. The van der Waals surface area contributed by atoms with Crippen molar-refractivity contribution in [3.05, 3.63) is 40.8 Å². The van der Waals surface area contributed by atoms with Crippen LogP contribution in [-0.4, -0.2) is 45.0 Å². The fourth-order valence-electron chi connectivity index (χ4n) is 2.72. The summed E-state index contributed by atoms with van der Waals surface area (Å²) in [4.78, 5) is 30.9. The average molecular weight is 420 g/mol. The minimum absolute atomic E-state index is 0.0135. The minimum atomic E-state index is -0.0251. The van der Waals surface area contributed by atoms with Crippen LogP contribution >= 0.6 is 35.7 Å². The van der Waals surface area contributed by atoms with Gasteiger partial charge in [-0.15, -0.1) is 0 Å². The lowest BCUT2D eigenvalue weighted by Crippen LogP contribution is -2.29. The van der Waals surface area contributed by atoms with Crippen LogP contribution in [0, 0.1) is 0 Å². The van der Waals surface area contributed by atoms with E-state index in [1.807, 2.05) is 36.4 Å². The van der Waals surface area contributed by atoms with E-state index in [4.69, 9.17) is 12.2 Å². The van der Waals surface area contributed by atoms with Gasteiger partial charge < -0.3 is 5.32 Å². The quantitative estimate of drug-likeness (QED) is 0.415. The number of amides is 2. The normalized spacial score (nSPS) is 18.3. The van der Waals surface area contributed by atoms with E-state index in [0.717, 1.165) is 42.3 Å². The number of rotatable bonds is 7. The maximum Gasteiger partial charge on any atom is 0.266 e. The first-order valence-electron chi connectivity index (χ1n) is 8.91. The van der Waals surface area contributed by atoms with Gasteiger partial charge >= 0.3 is 0 Å². The van der Waals surface area contributed by atoms with Crippen LogP contribution in [0.3, 0.4) is 0 Å². The van der Waals surface area contributed by atoms with Gasteiger partial charge in [-0.3, -0.25) is 19.5 Å². The summed E-state index contributed by atoms with van der Waals surface area (Å²) < 4.78 is 0.608. The van der Waals surface area contributed by atoms with Crippen LogP contribution in [0.25, 0.3) is 6.08 Å². The number of benzene rings is 1. The number of unbranched alkanes of at least 4 members (excludes halogenated alkanes) is 2. The number of hydrogen-bond acceptors (Lipinski definition) is 6. The highest BCUT2D eigenvalue weighted by atomic mass is 32.2. The summed E-state index contributed by atoms with van der Waals surface area (Å²) in [6.07, 6.45) is 4.85. The molecule has 0 saturated carbocycles. The van der Waals surface area contributed by atoms with Crippen molar-refractivity contribution in [1.29, 1.82) is 0 Å². The first kappa shape index (κ1) is 20.1. The number of hydrogen-bond donors (Lipinski definition) is 1. The Labute approximate surface area is 173 Å². The van der Waals surface area contributed by atoms with Gasteiger partial charge in [0.15, 0.2) is 5.17 Å². The van der Waals surface area contributed by atoms with Crippen LogP contribution < -0.4 is 5.32 Å². The molecule has 1 aromatic rings. The van der Waals surface area contributed by atoms with E-state index in [2.05, 4.69) is 10.3 Å². The van der Waals surface area contributed by atoms with Crippen LogP contribution in [0.2, 0.25) is 0 Å². The highest BCUT2D eigenvalue weighted by molar-refractivity contribution is 8.26. The zero-order chi connectivity index (χ0) is 19.1. The predicted octanol–water partition coefficient (Wildman–Crippen LogP) is 3.67. The largest absolute Gasteiger partial charge is 0.305 e. The number of thiocarbonyl (C=S) groups is 1. The Hall–Kier alpha value is -1.64. The van der Waals surface area contributed by atoms with Gasteiger partial charge in [0.1, 0.15) is 4.32 Å². The highest BCUT2D eigenvalue weighted by Crippen LogP contribution is 2.32. The van der Waals surface area contributed by atoms with E-state index < -0.39 is 0 Å². The number of carbonyl (C=O) groups is 2. The molecule has 2 aliphatic heterocycles. The third-order valence-electron chi connectivity index (χ3n) is 4.09. The molecule has 0 spiro atoms. The van der Waals surface area contributed by atoms with Crippen molar-refractivity contribution in [2.75, 3.05) is 18.8 Å². The van der Waals surface area contributed by atoms with Crippen LogP contribution in [0.15, 0.2) is 40.2 Å². The molecule has 5 nitrogen and oxygen atoms in total. The van der Waals surface area contributed by atoms with E-state index in [9.17, 15) is 9.59 Å². The van der Waals surface area contributed by atoms with E-state index in [-0.39, 0.29) is 11.8 Å². The molecule has 2 amide bonds. The molecule has 1 fully saturated rings. The minimum Gasteiger partial charge on any atom is -0.305 e. The molecular weight excluding hydrogens is 398 g/mol. The summed E-state index contributed by atoms with van der Waals surface area (Å²) in [5, 5.41) is 3.57. The smallest absolute Gasteiger partial charge is 0.266 e. The maximum atomic E-state index is 12.6. The molecule has 0 aromatic heterocycles. The molecule has 0 atom stereocenters. The van der Waals surface area contributed by atoms with Gasteiger partial charge in [-0.05, 0) is 24.5 Å². The summed E-state index contributed by atoms with van der Waals surface area (Å²) >= 11 is 8.29. The van der Waals surface area contributed by atoms with Crippen LogP contribution in [0.1, 0.15) is 31.2 Å². The first-order chi connectivity index (χ1) is 13.1. The number of carbonyl (C=O) groups excluding carboxylic acids is 2. The molecule has 0 unspecified atom stereocenters. The lowest BCUT2D eigenvalue weighted by molar-refractivity contribution is -0.122. The number of nitrogens with one attached hydrogen (secondary N) is 1. The lowest BCUT2D eigenvalue weighted by Gasteiger charge is -2.14. The van der Waals surface area contributed by atoms with Crippen molar-refractivity contribution in [3.8, 4) is 0 Å². The van der Waals surface area contributed by atoms with Gasteiger partial charge in [-0.2, -0.15) is 0 Å². The van der Waals surface area contributed by atoms with Crippen molar-refractivity contribution in [3.63, 3.8) is 0 Å². The number of aliphatic imine (C=N–C) groups is 1. The molecule has 2 heterocycles. The monoisotopic (exact) mass is 419 g/mol. The molecule has 0 bridgehead atoms. The molecule has 142 valence electrons. The Morgan fingerprint density at radius 1 is 1.26 bits per heavy atom. The Balaban J connectivity index is 1.39. The van der Waals surface area contributed by atoms with E-state index in [1.165, 1.54) is 11.8 Å². The fraction of sp³-hybridized carbons (Fsp3) is 0.368. The topological polar surface area (TPSA) is 61.8 Å². The van der Waals surface area contributed by atoms with Gasteiger partial charge in [0.25, 0.3) is 5.91 Å². The van der Waals surface area contributed by atoms with Crippen LogP contribution in [0.4, 0.5) is 0 Å². The molecule has 2 aliphatic rings. The molecular formula is C19H21N3O2S3. The zero-order valence-electron chi connectivity index (χ0n) is 14.8. The molecule has 1 saturated heterocycles. The number of thioether (sulfide) groups is 2. The SMILES string of the molecule is O=C(CCCCCN1C(=O)C(=Cc2ccccc2)SC1=S)NC1=NCCS1. The van der Waals surface area contributed by atoms with Gasteiger partial charge in [0, 0.05) is 18.7 Å². The summed E-state index contributed by atoms with van der Waals surface area (Å²) in [5.41, 5.74) is 0.994. The summed E-state index contributed by atoms with van der Waals surface area (Å²) in [5.74, 6) is 0.931. The molecule has 27 heavy (non-hydrogen) atoms. The highest BCUT2D eigenvalue weighted by Gasteiger charge is 2.31. The molecule has 3 rings (SSSR count). The molecule has 0 aliphatic carbocycles.